The normalized spacial score (nSPS) is 11.6. The number of hydrogen-bond acceptors (Lipinski definition) is 2. The van der Waals surface area contributed by atoms with Gasteiger partial charge in [0.15, 0.2) is 0 Å². The van der Waals surface area contributed by atoms with Crippen molar-refractivity contribution in [2.45, 2.75) is 0 Å². The largest absolute Gasteiger partial charge is 0.455 e. The summed E-state index contributed by atoms with van der Waals surface area (Å²) in [5, 5.41) is 12.0. The maximum atomic E-state index is 6.79. The van der Waals surface area contributed by atoms with Crippen molar-refractivity contribution in [3.05, 3.63) is 273 Å². The maximum absolute atomic E-state index is 6.79. The molecule has 0 fully saturated rings. The molecule has 0 aliphatic heterocycles. The highest BCUT2D eigenvalue weighted by Gasteiger charge is 2.24. The van der Waals surface area contributed by atoms with E-state index in [1.54, 1.807) is 0 Å². The molecule has 0 spiro atoms. The molecule has 14 aromatic rings. The smallest absolute Gasteiger partial charge is 0.143 e. The lowest BCUT2D eigenvalue weighted by Gasteiger charge is -2.31. The third-order valence-corrected chi connectivity index (χ3v) is 14.7. The first-order valence-electron chi connectivity index (χ1n) is 24.7. The van der Waals surface area contributed by atoms with E-state index in [4.69, 9.17) is 4.42 Å². The van der Waals surface area contributed by atoms with Crippen LogP contribution in [0.1, 0.15) is 0 Å². The molecule has 0 radical (unpaired) electrons. The average molecular weight is 916 g/mol. The Kier molecular flexibility index (Phi) is 9.89. The van der Waals surface area contributed by atoms with Crippen LogP contribution in [0, 0.1) is 0 Å². The predicted octanol–water partition coefficient (Wildman–Crippen LogP) is 20.0. The van der Waals surface area contributed by atoms with Gasteiger partial charge in [0.05, 0.1) is 11.4 Å². The van der Waals surface area contributed by atoms with Crippen molar-refractivity contribution in [1.29, 1.82) is 0 Å². The summed E-state index contributed by atoms with van der Waals surface area (Å²) in [6, 6.07) is 99.4. The minimum atomic E-state index is 0.867. The second kappa shape index (κ2) is 17.2. The van der Waals surface area contributed by atoms with Crippen LogP contribution in [0.5, 0.6) is 0 Å². The predicted molar refractivity (Wildman–Crippen MR) is 306 cm³/mol. The molecule has 0 saturated heterocycles. The lowest BCUT2D eigenvalue weighted by Crippen LogP contribution is -2.13. The van der Waals surface area contributed by atoms with Gasteiger partial charge in [0.1, 0.15) is 11.2 Å². The number of furan rings is 1. The van der Waals surface area contributed by atoms with Gasteiger partial charge in [-0.05, 0) is 119 Å². The summed E-state index contributed by atoms with van der Waals surface area (Å²) in [5.74, 6) is 0. The van der Waals surface area contributed by atoms with Gasteiger partial charge in [-0.15, -0.1) is 0 Å². The number of anilines is 3. The summed E-state index contributed by atoms with van der Waals surface area (Å²) >= 11 is 0. The first kappa shape index (κ1) is 41.5. The Morgan fingerprint density at radius 2 is 0.764 bits per heavy atom. The summed E-state index contributed by atoms with van der Waals surface area (Å²) in [4.78, 5) is 2.48. The third kappa shape index (κ3) is 6.95. The van der Waals surface area contributed by atoms with E-state index >= 15 is 0 Å². The minimum absolute atomic E-state index is 0.867. The third-order valence-electron chi connectivity index (χ3n) is 14.7. The number of benzene rings is 13. The van der Waals surface area contributed by atoms with Gasteiger partial charge < -0.3 is 9.32 Å². The van der Waals surface area contributed by atoms with E-state index in [1.165, 1.54) is 54.6 Å². The highest BCUT2D eigenvalue weighted by Crippen LogP contribution is 2.49. The van der Waals surface area contributed by atoms with Gasteiger partial charge >= 0.3 is 0 Å². The van der Waals surface area contributed by atoms with Crippen molar-refractivity contribution in [1.82, 2.24) is 0 Å². The Balaban J connectivity index is 0.978. The highest BCUT2D eigenvalue weighted by atomic mass is 16.3. The topological polar surface area (TPSA) is 16.4 Å². The quantitative estimate of drug-likeness (QED) is 0.141. The van der Waals surface area contributed by atoms with E-state index in [0.717, 1.165) is 83.2 Å². The Labute approximate surface area is 417 Å². The molecule has 14 rings (SSSR count). The molecule has 2 heteroatoms. The van der Waals surface area contributed by atoms with E-state index in [2.05, 4.69) is 278 Å². The average Bonchev–Trinajstić information content (AvgIpc) is 3.85. The van der Waals surface area contributed by atoms with E-state index < -0.39 is 0 Å². The lowest BCUT2D eigenvalue weighted by molar-refractivity contribution is 0.673. The van der Waals surface area contributed by atoms with Crippen LogP contribution in [-0.2, 0) is 0 Å². The molecule has 2 nitrogen and oxygen atoms in total. The van der Waals surface area contributed by atoms with Crippen LogP contribution in [-0.4, -0.2) is 0 Å². The second-order valence-corrected chi connectivity index (χ2v) is 18.7. The Morgan fingerprint density at radius 3 is 1.56 bits per heavy atom. The number of para-hydroxylation sites is 1. The van der Waals surface area contributed by atoms with E-state index in [9.17, 15) is 0 Å². The molecule has 0 bridgehead atoms. The van der Waals surface area contributed by atoms with Crippen molar-refractivity contribution >= 4 is 82.1 Å². The molecule has 0 aliphatic rings. The SMILES string of the molecule is c1ccc(-c2ccc(-c3cccc4c3ccc3ccccc34)cc2N(c2ccc(-c3ccc(-c4cccc5ccccc45)cc3)cc2)c2ccccc2-c2cccc3oc4c5ccccc5ccc4c23)cc1. The summed E-state index contributed by atoms with van der Waals surface area (Å²) in [6.07, 6.45) is 0. The monoisotopic (exact) mass is 915 g/mol. The van der Waals surface area contributed by atoms with Gasteiger partial charge in [-0.25, -0.2) is 0 Å². The molecule has 0 unspecified atom stereocenters. The van der Waals surface area contributed by atoms with Gasteiger partial charge in [-0.1, -0.05) is 237 Å². The second-order valence-electron chi connectivity index (χ2n) is 18.7. The molecule has 0 saturated carbocycles. The van der Waals surface area contributed by atoms with E-state index in [-0.39, 0.29) is 0 Å². The molecule has 0 aliphatic carbocycles. The van der Waals surface area contributed by atoms with Crippen molar-refractivity contribution in [2.75, 3.05) is 4.90 Å². The van der Waals surface area contributed by atoms with Crippen molar-refractivity contribution in [3.63, 3.8) is 0 Å². The van der Waals surface area contributed by atoms with Gasteiger partial charge in [0.2, 0.25) is 0 Å². The van der Waals surface area contributed by atoms with Crippen molar-refractivity contribution in [2.24, 2.45) is 0 Å². The van der Waals surface area contributed by atoms with Crippen LogP contribution in [0.3, 0.4) is 0 Å². The first-order valence-corrected chi connectivity index (χ1v) is 24.7. The van der Waals surface area contributed by atoms with Crippen LogP contribution in [0.15, 0.2) is 277 Å². The first-order chi connectivity index (χ1) is 35.7. The maximum Gasteiger partial charge on any atom is 0.143 e. The zero-order valence-corrected chi connectivity index (χ0v) is 39.3. The zero-order valence-electron chi connectivity index (χ0n) is 39.3. The van der Waals surface area contributed by atoms with Crippen LogP contribution in [0.2, 0.25) is 0 Å². The molecule has 0 N–H and O–H groups in total. The Hall–Kier alpha value is -9.50. The molecule has 1 heterocycles. The number of nitrogens with zero attached hydrogens (tertiary/aromatic N) is 1. The number of rotatable bonds is 8. The van der Waals surface area contributed by atoms with Gasteiger partial charge in [0, 0.05) is 33.0 Å². The Morgan fingerprint density at radius 1 is 0.250 bits per heavy atom. The fourth-order valence-electron chi connectivity index (χ4n) is 11.2. The molecule has 0 atom stereocenters. The molecule has 72 heavy (non-hydrogen) atoms. The summed E-state index contributed by atoms with van der Waals surface area (Å²) in [7, 11) is 0. The Bertz CT molecular complexity index is 4370. The molecular formula is C70H45NO. The van der Waals surface area contributed by atoms with Gasteiger partial charge in [0.25, 0.3) is 0 Å². The van der Waals surface area contributed by atoms with E-state index in [0.29, 0.717) is 0 Å². The standard InChI is InChI=1S/C70H45NO/c1-2-15-49(16-3-1)59-42-39-53(58-26-13-27-61-57-22-8-5-18-50(57)37-43-62(58)61)45-67(59)71(54-40-35-47(36-41-54)46-31-33-52(34-32-46)56-25-12-20-48-17-4-7-21-55(48)56)66-29-11-10-24-63(66)64-28-14-30-68-69(64)65-44-38-51-19-6-9-23-60(51)70(65)72-68/h1-45H. The summed E-state index contributed by atoms with van der Waals surface area (Å²) in [6.45, 7) is 0. The fourth-order valence-corrected chi connectivity index (χ4v) is 11.2. The molecule has 336 valence electrons. The number of hydrogen-bond donors (Lipinski definition) is 0. The van der Waals surface area contributed by atoms with Crippen molar-refractivity contribution < 1.29 is 4.42 Å². The zero-order chi connectivity index (χ0) is 47.5. The molecular weight excluding hydrogens is 871 g/mol. The van der Waals surface area contributed by atoms with Crippen LogP contribution in [0.25, 0.3) is 121 Å². The molecule has 1 aromatic heterocycles. The highest BCUT2D eigenvalue weighted by molar-refractivity contribution is 6.20. The molecule has 0 amide bonds. The number of fused-ring (bicyclic) bond motifs is 9. The minimum Gasteiger partial charge on any atom is -0.455 e. The van der Waals surface area contributed by atoms with Gasteiger partial charge in [-0.3, -0.25) is 0 Å². The van der Waals surface area contributed by atoms with Crippen LogP contribution < -0.4 is 4.90 Å². The summed E-state index contributed by atoms with van der Waals surface area (Å²) < 4.78 is 6.79. The van der Waals surface area contributed by atoms with Crippen LogP contribution >= 0.6 is 0 Å². The van der Waals surface area contributed by atoms with E-state index in [1.807, 2.05) is 0 Å². The summed E-state index contributed by atoms with van der Waals surface area (Å²) in [5.41, 5.74) is 16.6. The van der Waals surface area contributed by atoms with Crippen LogP contribution in [0.4, 0.5) is 17.1 Å². The molecule has 13 aromatic carbocycles. The van der Waals surface area contributed by atoms with Crippen molar-refractivity contribution in [3.8, 4) is 55.6 Å². The van der Waals surface area contributed by atoms with Gasteiger partial charge in [-0.2, -0.15) is 0 Å². The lowest BCUT2D eigenvalue weighted by atomic mass is 9.91. The fraction of sp³-hybridized carbons (Fsp3) is 0.